The Bertz CT molecular complexity index is 2110. The molecule has 1 N–H and O–H groups in total. The molecule has 0 radical (unpaired) electrons. The van der Waals surface area contributed by atoms with Crippen LogP contribution >= 0.6 is 0 Å². The van der Waals surface area contributed by atoms with Crippen LogP contribution in [0.2, 0.25) is 0 Å². The second-order valence-electron chi connectivity index (χ2n) is 14.5. The van der Waals surface area contributed by atoms with Crippen LogP contribution in [0, 0.1) is 30.5 Å². The summed E-state index contributed by atoms with van der Waals surface area (Å²) in [6.07, 6.45) is -3.64. The maximum absolute atomic E-state index is 15.6. The molecule has 8 nitrogen and oxygen atoms in total. The van der Waals surface area contributed by atoms with Crippen LogP contribution in [0.15, 0.2) is 64.6 Å². The predicted molar refractivity (Wildman–Crippen MR) is 174 cm³/mol. The number of nitrogens with one attached hydrogen (secondary N) is 1. The van der Waals surface area contributed by atoms with E-state index in [1.807, 2.05) is 51.1 Å². The van der Waals surface area contributed by atoms with Gasteiger partial charge in [-0.1, -0.05) is 62.4 Å². The van der Waals surface area contributed by atoms with Crippen molar-refractivity contribution < 1.29 is 27.2 Å². The first kappa shape index (κ1) is 31.5. The minimum atomic E-state index is -4.84. The van der Waals surface area contributed by atoms with Crippen molar-refractivity contribution in [1.82, 2.24) is 20.0 Å². The number of rotatable bonds is 3. The summed E-state index contributed by atoms with van der Waals surface area (Å²) in [4.78, 5) is 37.7. The topological polar surface area (TPSA) is 105 Å². The van der Waals surface area contributed by atoms with Gasteiger partial charge in [-0.25, -0.2) is 14.4 Å². The van der Waals surface area contributed by atoms with Crippen molar-refractivity contribution in [2.75, 3.05) is 0 Å². The van der Waals surface area contributed by atoms with E-state index >= 15 is 4.39 Å². The molecular formula is C37H34F4N6O2. The highest BCUT2D eigenvalue weighted by Crippen LogP contribution is 2.56. The molecule has 2 aliphatic carbocycles. The lowest BCUT2D eigenvalue weighted by Gasteiger charge is -2.47. The van der Waals surface area contributed by atoms with Gasteiger partial charge in [-0.2, -0.15) is 23.4 Å². The Morgan fingerprint density at radius 3 is 2.29 bits per heavy atom. The van der Waals surface area contributed by atoms with Crippen LogP contribution in [0.25, 0.3) is 0 Å². The van der Waals surface area contributed by atoms with Gasteiger partial charge in [0, 0.05) is 58.8 Å². The lowest BCUT2D eigenvalue weighted by molar-refractivity contribution is -0.142. The summed E-state index contributed by atoms with van der Waals surface area (Å²) >= 11 is 0. The van der Waals surface area contributed by atoms with E-state index < -0.39 is 40.5 Å². The second kappa shape index (κ2) is 10.6. The number of fused-ring (bicyclic) bond motifs is 4. The van der Waals surface area contributed by atoms with Gasteiger partial charge in [-0.3, -0.25) is 19.4 Å². The normalized spacial score (nSPS) is 29.4. The van der Waals surface area contributed by atoms with Crippen molar-refractivity contribution in [2.24, 2.45) is 27.7 Å². The number of halogens is 4. The summed E-state index contributed by atoms with van der Waals surface area (Å²) in [7, 11) is 0. The third kappa shape index (κ3) is 4.55. The van der Waals surface area contributed by atoms with Gasteiger partial charge >= 0.3 is 6.18 Å². The molecule has 0 saturated heterocycles. The van der Waals surface area contributed by atoms with Crippen LogP contribution in [0.4, 0.5) is 29.2 Å². The van der Waals surface area contributed by atoms with Crippen molar-refractivity contribution in [3.63, 3.8) is 0 Å². The van der Waals surface area contributed by atoms with Gasteiger partial charge in [0.2, 0.25) is 0 Å². The molecule has 252 valence electrons. The second-order valence-corrected chi connectivity index (χ2v) is 14.5. The number of aromatic nitrogens is 4. The van der Waals surface area contributed by atoms with E-state index in [4.69, 9.17) is 10.1 Å². The van der Waals surface area contributed by atoms with E-state index in [1.54, 1.807) is 10.7 Å². The first-order valence-corrected chi connectivity index (χ1v) is 16.5. The van der Waals surface area contributed by atoms with E-state index in [0.717, 1.165) is 22.5 Å². The molecule has 2 aliphatic heterocycles. The molecule has 0 amide bonds. The number of nitrogens with zero attached hydrogens (tertiary/aromatic N) is 5. The lowest BCUT2D eigenvalue weighted by Crippen LogP contribution is -2.54. The van der Waals surface area contributed by atoms with Crippen molar-refractivity contribution in [3.8, 4) is 0 Å². The minimum absolute atomic E-state index is 0.0359. The maximum Gasteiger partial charge on any atom is 0.433 e. The van der Waals surface area contributed by atoms with Gasteiger partial charge in [0.1, 0.15) is 23.1 Å². The maximum atomic E-state index is 15.6. The Kier molecular flexibility index (Phi) is 6.84. The van der Waals surface area contributed by atoms with Gasteiger partial charge in [0.25, 0.3) is 0 Å². The Labute approximate surface area is 279 Å². The first-order chi connectivity index (χ1) is 23.2. The van der Waals surface area contributed by atoms with Crippen molar-refractivity contribution in [3.05, 3.63) is 94.1 Å². The van der Waals surface area contributed by atoms with E-state index in [1.165, 1.54) is 25.1 Å². The minimum Gasteiger partial charge on any atom is -0.299 e. The van der Waals surface area contributed by atoms with E-state index in [0.29, 0.717) is 24.4 Å². The summed E-state index contributed by atoms with van der Waals surface area (Å²) in [5.74, 6) is -2.42. The highest BCUT2D eigenvalue weighted by atomic mass is 19.4. The SMILES string of the molecule is Cc1c2c(nn1C1(C)CC(=O)C3C(=Nc4n[nH]c(C(F)(F)F)c4C3(C)c3ccccc3F)C1)N=C1CC(C)CC(=O)C1C2c1ccccc1. The van der Waals surface area contributed by atoms with Gasteiger partial charge in [0.15, 0.2) is 11.6 Å². The van der Waals surface area contributed by atoms with Gasteiger partial charge in [-0.05, 0) is 43.4 Å². The van der Waals surface area contributed by atoms with Crippen molar-refractivity contribution in [2.45, 2.75) is 76.4 Å². The zero-order valence-corrected chi connectivity index (χ0v) is 27.4. The number of Topliss-reactive ketones (excluding diaryl/α,β-unsaturated/α-hetero) is 2. The molecule has 2 aromatic heterocycles. The average molecular weight is 671 g/mol. The molecule has 2 fully saturated rings. The summed E-state index contributed by atoms with van der Waals surface area (Å²) in [6, 6.07) is 15.4. The number of alkyl halides is 3. The number of H-pyrrole nitrogens is 1. The third-order valence-electron chi connectivity index (χ3n) is 11.1. The molecule has 49 heavy (non-hydrogen) atoms. The molecule has 4 aliphatic rings. The molecule has 0 bridgehead atoms. The van der Waals surface area contributed by atoms with Crippen LogP contribution in [-0.2, 0) is 26.7 Å². The van der Waals surface area contributed by atoms with Crippen molar-refractivity contribution >= 4 is 34.6 Å². The Morgan fingerprint density at radius 2 is 1.57 bits per heavy atom. The van der Waals surface area contributed by atoms with Gasteiger partial charge in [-0.15, -0.1) is 0 Å². The molecule has 8 rings (SSSR count). The fraction of sp³-hybridized carbons (Fsp3) is 0.405. The Balaban J connectivity index is 1.28. The summed E-state index contributed by atoms with van der Waals surface area (Å²) in [5.41, 5.74) is -0.597. The van der Waals surface area contributed by atoms with E-state index in [2.05, 4.69) is 15.2 Å². The largest absolute Gasteiger partial charge is 0.433 e. The average Bonchev–Trinajstić information content (AvgIpc) is 3.62. The van der Waals surface area contributed by atoms with Gasteiger partial charge in [0.05, 0.1) is 17.4 Å². The predicted octanol–water partition coefficient (Wildman–Crippen LogP) is 7.69. The van der Waals surface area contributed by atoms with Gasteiger partial charge < -0.3 is 0 Å². The number of hydrogen-bond acceptors (Lipinski definition) is 6. The number of ketones is 2. The summed E-state index contributed by atoms with van der Waals surface area (Å²) in [6.45, 7) is 7.31. The number of carbonyl (C=O) groups excluding carboxylic acids is 2. The standard InChI is InChI=1S/C37H34F4N6O2/c1-18-14-23-29(25(48)15-18)28(20-10-6-5-7-11-20)27-19(2)47(46-33(27)42-23)35(3)16-24-30(26(49)17-35)36(4,21-12-8-9-13-22(21)38)31-32(37(39,40)41)44-45-34(31)43-24/h5-13,18,28-30H,14-17H2,1-4H3,(H,44,45). The molecule has 4 aromatic rings. The summed E-state index contributed by atoms with van der Waals surface area (Å²) < 4.78 is 60.4. The summed E-state index contributed by atoms with van der Waals surface area (Å²) in [5, 5.41) is 11.0. The molecule has 6 unspecified atom stereocenters. The molecular weight excluding hydrogens is 636 g/mol. The molecule has 4 heterocycles. The molecule has 6 atom stereocenters. The first-order valence-electron chi connectivity index (χ1n) is 16.5. The zero-order chi connectivity index (χ0) is 34.6. The number of hydrogen-bond donors (Lipinski definition) is 1. The fourth-order valence-corrected chi connectivity index (χ4v) is 9.19. The van der Waals surface area contributed by atoms with Crippen LogP contribution in [0.3, 0.4) is 0 Å². The number of aliphatic imine (C=N–C) groups is 2. The molecule has 2 saturated carbocycles. The van der Waals surface area contributed by atoms with E-state index in [-0.39, 0.29) is 53.2 Å². The molecule has 0 spiro atoms. The highest BCUT2D eigenvalue weighted by Gasteiger charge is 2.59. The van der Waals surface area contributed by atoms with Crippen LogP contribution < -0.4 is 0 Å². The fourth-order valence-electron chi connectivity index (χ4n) is 9.19. The Hall–Kier alpha value is -4.74. The number of benzene rings is 2. The highest BCUT2D eigenvalue weighted by molar-refractivity contribution is 6.12. The van der Waals surface area contributed by atoms with Crippen LogP contribution in [0.5, 0.6) is 0 Å². The lowest BCUT2D eigenvalue weighted by atomic mass is 9.57. The van der Waals surface area contributed by atoms with Crippen LogP contribution in [-0.4, -0.2) is 43.0 Å². The third-order valence-corrected chi connectivity index (χ3v) is 11.1. The van der Waals surface area contributed by atoms with Crippen molar-refractivity contribution in [1.29, 1.82) is 0 Å². The monoisotopic (exact) mass is 670 g/mol. The quantitative estimate of drug-likeness (QED) is 0.226. The molecule has 12 heteroatoms. The number of aromatic amines is 1. The van der Waals surface area contributed by atoms with E-state index in [9.17, 15) is 22.8 Å². The molecule has 2 aromatic carbocycles. The smallest absolute Gasteiger partial charge is 0.299 e. The zero-order valence-electron chi connectivity index (χ0n) is 27.4. The Morgan fingerprint density at radius 1 is 0.878 bits per heavy atom. The van der Waals surface area contributed by atoms with Crippen LogP contribution in [0.1, 0.15) is 86.0 Å². The number of carbonyl (C=O) groups is 2.